The first-order valence-electron chi connectivity index (χ1n) is 5.46. The molecule has 4 nitrogen and oxygen atoms in total. The lowest BCUT2D eigenvalue weighted by molar-refractivity contribution is -0.120. The molecule has 3 N–H and O–H groups in total. The van der Waals surface area contributed by atoms with Crippen LogP contribution in [0.5, 0.6) is 5.75 Å². The molecular formula is C12H15BrN2O2. The number of halogens is 1. The van der Waals surface area contributed by atoms with Gasteiger partial charge in [0.05, 0.1) is 18.2 Å². The molecule has 2 rings (SSSR count). The lowest BCUT2D eigenvalue weighted by atomic mass is 10.1. The maximum absolute atomic E-state index is 12.0. The van der Waals surface area contributed by atoms with Crippen molar-refractivity contribution in [1.82, 2.24) is 0 Å². The third kappa shape index (κ3) is 2.45. The predicted octanol–water partition coefficient (Wildman–Crippen LogP) is 2.14. The summed E-state index contributed by atoms with van der Waals surface area (Å²) in [4.78, 5) is 12.0. The van der Waals surface area contributed by atoms with E-state index in [4.69, 9.17) is 10.5 Å². The topological polar surface area (TPSA) is 64.3 Å². The molecule has 1 aromatic carbocycles. The third-order valence-electron chi connectivity index (χ3n) is 3.15. The van der Waals surface area contributed by atoms with Crippen molar-refractivity contribution in [3.8, 4) is 5.75 Å². The van der Waals surface area contributed by atoms with E-state index in [1.54, 1.807) is 13.2 Å². The molecule has 17 heavy (non-hydrogen) atoms. The van der Waals surface area contributed by atoms with Crippen molar-refractivity contribution in [2.24, 2.45) is 11.1 Å². The van der Waals surface area contributed by atoms with Gasteiger partial charge in [0.2, 0.25) is 5.91 Å². The largest absolute Gasteiger partial charge is 0.497 e. The van der Waals surface area contributed by atoms with Gasteiger partial charge in [-0.1, -0.05) is 0 Å². The Balaban J connectivity index is 2.15. The zero-order valence-electron chi connectivity index (χ0n) is 9.63. The van der Waals surface area contributed by atoms with Crippen LogP contribution >= 0.6 is 15.9 Å². The van der Waals surface area contributed by atoms with Gasteiger partial charge in [-0.05, 0) is 40.9 Å². The molecule has 0 spiro atoms. The zero-order valence-corrected chi connectivity index (χ0v) is 11.2. The summed E-state index contributed by atoms with van der Waals surface area (Å²) in [5.74, 6) is 0.704. The summed E-state index contributed by atoms with van der Waals surface area (Å²) in [6, 6.07) is 5.46. The van der Waals surface area contributed by atoms with E-state index in [1.165, 1.54) is 0 Å². The SMILES string of the molecule is COc1ccc(Br)c(NC(=O)C2(CN)CC2)c1. The zero-order chi connectivity index (χ0) is 12.5. The van der Waals surface area contributed by atoms with Crippen LogP contribution in [-0.2, 0) is 4.79 Å². The molecule has 1 aliphatic rings. The molecule has 0 aromatic heterocycles. The van der Waals surface area contributed by atoms with Crippen LogP contribution in [0.1, 0.15) is 12.8 Å². The number of carbonyl (C=O) groups is 1. The Hall–Kier alpha value is -1.07. The molecule has 1 fully saturated rings. The average molecular weight is 299 g/mol. The Kier molecular flexibility index (Phi) is 3.40. The first-order chi connectivity index (χ1) is 8.11. The van der Waals surface area contributed by atoms with E-state index in [0.29, 0.717) is 18.0 Å². The number of hydrogen-bond acceptors (Lipinski definition) is 3. The number of rotatable bonds is 4. The number of ether oxygens (including phenoxy) is 1. The summed E-state index contributed by atoms with van der Waals surface area (Å²) in [5.41, 5.74) is 5.99. The summed E-state index contributed by atoms with van der Waals surface area (Å²) in [6.45, 7) is 0.403. The number of carbonyl (C=O) groups excluding carboxylic acids is 1. The van der Waals surface area contributed by atoms with Crippen LogP contribution in [-0.4, -0.2) is 19.6 Å². The van der Waals surface area contributed by atoms with Gasteiger partial charge in [0.1, 0.15) is 5.75 Å². The van der Waals surface area contributed by atoms with Crippen molar-refractivity contribution < 1.29 is 9.53 Å². The number of hydrogen-bond donors (Lipinski definition) is 2. The highest BCUT2D eigenvalue weighted by Crippen LogP contribution is 2.45. The molecule has 1 aromatic rings. The molecule has 92 valence electrons. The lowest BCUT2D eigenvalue weighted by Gasteiger charge is -2.14. The van der Waals surface area contributed by atoms with Gasteiger partial charge in [-0.2, -0.15) is 0 Å². The Labute approximate surface area is 109 Å². The number of methoxy groups -OCH3 is 1. The van der Waals surface area contributed by atoms with E-state index in [2.05, 4.69) is 21.2 Å². The monoisotopic (exact) mass is 298 g/mol. The molecule has 0 atom stereocenters. The smallest absolute Gasteiger partial charge is 0.231 e. The van der Waals surface area contributed by atoms with E-state index < -0.39 is 0 Å². The minimum absolute atomic E-state index is 0.00560. The van der Waals surface area contributed by atoms with E-state index in [0.717, 1.165) is 17.3 Å². The molecule has 0 unspecified atom stereocenters. The second-order valence-electron chi connectivity index (χ2n) is 4.28. The summed E-state index contributed by atoms with van der Waals surface area (Å²) >= 11 is 3.40. The highest BCUT2D eigenvalue weighted by Gasteiger charge is 2.48. The number of amides is 1. The Morgan fingerprint density at radius 1 is 1.59 bits per heavy atom. The van der Waals surface area contributed by atoms with Crippen molar-refractivity contribution in [3.05, 3.63) is 22.7 Å². The number of anilines is 1. The van der Waals surface area contributed by atoms with Crippen LogP contribution in [0.3, 0.4) is 0 Å². The first kappa shape index (κ1) is 12.4. The predicted molar refractivity (Wildman–Crippen MR) is 70.0 cm³/mol. The van der Waals surface area contributed by atoms with Gasteiger partial charge < -0.3 is 15.8 Å². The Bertz CT molecular complexity index is 444. The molecule has 0 heterocycles. The molecular weight excluding hydrogens is 284 g/mol. The molecule has 1 amide bonds. The molecule has 0 bridgehead atoms. The molecule has 5 heteroatoms. The molecule has 0 radical (unpaired) electrons. The van der Waals surface area contributed by atoms with Crippen LogP contribution in [0.4, 0.5) is 5.69 Å². The van der Waals surface area contributed by atoms with Crippen LogP contribution in [0, 0.1) is 5.41 Å². The normalized spacial score (nSPS) is 16.4. The highest BCUT2D eigenvalue weighted by atomic mass is 79.9. The van der Waals surface area contributed by atoms with Crippen LogP contribution in [0.25, 0.3) is 0 Å². The summed E-state index contributed by atoms with van der Waals surface area (Å²) < 4.78 is 5.96. The Morgan fingerprint density at radius 2 is 2.29 bits per heavy atom. The number of nitrogens with two attached hydrogens (primary N) is 1. The van der Waals surface area contributed by atoms with Crippen molar-refractivity contribution >= 4 is 27.5 Å². The fourth-order valence-electron chi connectivity index (χ4n) is 1.66. The second kappa shape index (κ2) is 4.66. The van der Waals surface area contributed by atoms with E-state index in [-0.39, 0.29) is 11.3 Å². The van der Waals surface area contributed by atoms with Gasteiger partial charge >= 0.3 is 0 Å². The maximum Gasteiger partial charge on any atom is 0.231 e. The van der Waals surface area contributed by atoms with Gasteiger partial charge in [-0.25, -0.2) is 0 Å². The van der Waals surface area contributed by atoms with E-state index in [9.17, 15) is 4.79 Å². The van der Waals surface area contributed by atoms with Crippen LogP contribution < -0.4 is 15.8 Å². The molecule has 1 saturated carbocycles. The van der Waals surface area contributed by atoms with Crippen molar-refractivity contribution in [2.45, 2.75) is 12.8 Å². The van der Waals surface area contributed by atoms with Crippen LogP contribution in [0.2, 0.25) is 0 Å². The molecule has 0 saturated heterocycles. The van der Waals surface area contributed by atoms with Gasteiger partial charge in [0.25, 0.3) is 0 Å². The summed E-state index contributed by atoms with van der Waals surface area (Å²) in [6.07, 6.45) is 1.74. The third-order valence-corrected chi connectivity index (χ3v) is 3.84. The first-order valence-corrected chi connectivity index (χ1v) is 6.26. The summed E-state index contributed by atoms with van der Waals surface area (Å²) in [5, 5.41) is 2.89. The fraction of sp³-hybridized carbons (Fsp3) is 0.417. The standard InChI is InChI=1S/C12H15BrN2O2/c1-17-8-2-3-9(13)10(6-8)15-11(16)12(7-14)4-5-12/h2-3,6H,4-5,7,14H2,1H3,(H,15,16). The maximum atomic E-state index is 12.0. The molecule has 1 aliphatic carbocycles. The minimum Gasteiger partial charge on any atom is -0.497 e. The van der Waals surface area contributed by atoms with Gasteiger partial charge in [0, 0.05) is 17.1 Å². The van der Waals surface area contributed by atoms with Gasteiger partial charge in [0.15, 0.2) is 0 Å². The number of nitrogens with one attached hydrogen (secondary N) is 1. The highest BCUT2D eigenvalue weighted by molar-refractivity contribution is 9.10. The fourth-order valence-corrected chi connectivity index (χ4v) is 2.00. The average Bonchev–Trinajstić information content (AvgIpc) is 3.13. The van der Waals surface area contributed by atoms with Crippen molar-refractivity contribution in [3.63, 3.8) is 0 Å². The second-order valence-corrected chi connectivity index (χ2v) is 5.14. The van der Waals surface area contributed by atoms with Gasteiger partial charge in [-0.3, -0.25) is 4.79 Å². The summed E-state index contributed by atoms with van der Waals surface area (Å²) in [7, 11) is 1.59. The van der Waals surface area contributed by atoms with Crippen LogP contribution in [0.15, 0.2) is 22.7 Å². The number of benzene rings is 1. The van der Waals surface area contributed by atoms with Gasteiger partial charge in [-0.15, -0.1) is 0 Å². The Morgan fingerprint density at radius 3 is 2.82 bits per heavy atom. The quantitative estimate of drug-likeness (QED) is 0.895. The molecule has 0 aliphatic heterocycles. The van der Waals surface area contributed by atoms with E-state index >= 15 is 0 Å². The lowest BCUT2D eigenvalue weighted by Crippen LogP contribution is -2.30. The van der Waals surface area contributed by atoms with Crippen molar-refractivity contribution in [2.75, 3.05) is 19.0 Å². The van der Waals surface area contributed by atoms with Crippen molar-refractivity contribution in [1.29, 1.82) is 0 Å². The van der Waals surface area contributed by atoms with E-state index in [1.807, 2.05) is 12.1 Å². The minimum atomic E-state index is -0.345.